The standard InChI is InChI=1S/C7H8O2/c8-6-4-2-1-3-5-7-9/h1-8H/p-1/b2-1?,5-3?,6-4-. The fourth-order valence-corrected chi connectivity index (χ4v) is 0.283. The van der Waals surface area contributed by atoms with Crippen molar-refractivity contribution in [2.45, 2.75) is 0 Å². The Kier molecular flexibility index (Phi) is 5.72. The summed E-state index contributed by atoms with van der Waals surface area (Å²) in [5, 5.41) is 9.64. The highest BCUT2D eigenvalue weighted by molar-refractivity contribution is 5.65. The van der Waals surface area contributed by atoms with Crippen LogP contribution in [0.1, 0.15) is 0 Å². The van der Waals surface area contributed by atoms with Crippen molar-refractivity contribution in [1.29, 1.82) is 0 Å². The molecule has 2 nitrogen and oxygen atoms in total. The predicted molar refractivity (Wildman–Crippen MR) is 33.5 cm³/mol. The van der Waals surface area contributed by atoms with Gasteiger partial charge in [-0.25, -0.2) is 0 Å². The van der Waals surface area contributed by atoms with Gasteiger partial charge in [0.1, 0.15) is 6.29 Å². The summed E-state index contributed by atoms with van der Waals surface area (Å²) in [7, 11) is 0. The predicted octanol–water partition coefficient (Wildman–Crippen LogP) is 0.172. The molecule has 0 aliphatic carbocycles. The van der Waals surface area contributed by atoms with E-state index in [2.05, 4.69) is 0 Å². The van der Waals surface area contributed by atoms with Gasteiger partial charge in [0.25, 0.3) is 0 Å². The smallest absolute Gasteiger partial charge is 0.142 e. The van der Waals surface area contributed by atoms with Gasteiger partial charge in [-0.3, -0.25) is 4.79 Å². The lowest BCUT2D eigenvalue weighted by atomic mass is 10.4. The second-order valence-electron chi connectivity index (χ2n) is 1.23. The molecule has 0 radical (unpaired) electrons. The van der Waals surface area contributed by atoms with Crippen LogP contribution in [0.4, 0.5) is 0 Å². The van der Waals surface area contributed by atoms with E-state index in [1.54, 1.807) is 18.2 Å². The summed E-state index contributed by atoms with van der Waals surface area (Å²) < 4.78 is 0. The molecular formula is C7H7O2-. The molecule has 0 aliphatic heterocycles. The van der Waals surface area contributed by atoms with Crippen molar-refractivity contribution in [1.82, 2.24) is 0 Å². The first-order valence-corrected chi connectivity index (χ1v) is 2.47. The second kappa shape index (κ2) is 6.69. The van der Waals surface area contributed by atoms with Gasteiger partial charge in [0.2, 0.25) is 0 Å². The molecule has 0 saturated heterocycles. The van der Waals surface area contributed by atoms with Crippen LogP contribution in [0.2, 0.25) is 0 Å². The topological polar surface area (TPSA) is 40.1 Å². The van der Waals surface area contributed by atoms with Crippen LogP contribution in [0.25, 0.3) is 0 Å². The highest BCUT2D eigenvalue weighted by atomic mass is 16.2. The van der Waals surface area contributed by atoms with Gasteiger partial charge in [0.15, 0.2) is 0 Å². The molecule has 0 aliphatic rings. The maximum atomic E-state index is 9.64. The first-order valence-electron chi connectivity index (χ1n) is 2.47. The van der Waals surface area contributed by atoms with Gasteiger partial charge in [0, 0.05) is 0 Å². The Balaban J connectivity index is 3.46. The van der Waals surface area contributed by atoms with E-state index in [0.29, 0.717) is 12.5 Å². The van der Waals surface area contributed by atoms with Gasteiger partial charge in [-0.15, -0.1) is 6.26 Å². The van der Waals surface area contributed by atoms with Gasteiger partial charge in [-0.2, -0.15) is 0 Å². The number of allylic oxidation sites excluding steroid dienone is 5. The largest absolute Gasteiger partial charge is 0.878 e. The molecule has 48 valence electrons. The van der Waals surface area contributed by atoms with Crippen LogP contribution in [-0.2, 0) is 4.79 Å². The van der Waals surface area contributed by atoms with Crippen LogP contribution in [0.5, 0.6) is 0 Å². The Morgan fingerprint density at radius 1 is 0.889 bits per heavy atom. The maximum Gasteiger partial charge on any atom is 0.142 e. The number of aldehydes is 1. The SMILES string of the molecule is O=CC=CC=C/C=C\[O-]. The summed E-state index contributed by atoms with van der Waals surface area (Å²) in [6.07, 6.45) is 8.73. The van der Waals surface area contributed by atoms with Crippen molar-refractivity contribution < 1.29 is 9.90 Å². The highest BCUT2D eigenvalue weighted by Gasteiger charge is 1.58. The molecule has 0 aromatic heterocycles. The Morgan fingerprint density at radius 3 is 2.00 bits per heavy atom. The molecule has 0 rings (SSSR count). The molecule has 0 unspecified atom stereocenters. The van der Waals surface area contributed by atoms with Crippen LogP contribution < -0.4 is 5.11 Å². The monoisotopic (exact) mass is 123 g/mol. The third-order valence-corrected chi connectivity index (χ3v) is 0.602. The molecule has 0 saturated carbocycles. The van der Waals surface area contributed by atoms with Gasteiger partial charge < -0.3 is 5.11 Å². The van der Waals surface area contributed by atoms with Crippen molar-refractivity contribution in [2.24, 2.45) is 0 Å². The Hall–Kier alpha value is -1.31. The Morgan fingerprint density at radius 2 is 1.44 bits per heavy atom. The van der Waals surface area contributed by atoms with E-state index in [1.807, 2.05) is 0 Å². The zero-order valence-corrected chi connectivity index (χ0v) is 4.86. The lowest BCUT2D eigenvalue weighted by Gasteiger charge is -1.80. The van der Waals surface area contributed by atoms with E-state index in [0.717, 1.165) is 0 Å². The number of carbonyl (C=O) groups excluding carboxylic acids is 1. The summed E-state index contributed by atoms with van der Waals surface area (Å²) >= 11 is 0. The average molecular weight is 123 g/mol. The van der Waals surface area contributed by atoms with Crippen molar-refractivity contribution in [3.8, 4) is 0 Å². The third-order valence-electron chi connectivity index (χ3n) is 0.602. The molecule has 9 heavy (non-hydrogen) atoms. The highest BCUT2D eigenvalue weighted by Crippen LogP contribution is 1.75. The number of carbonyl (C=O) groups is 1. The van der Waals surface area contributed by atoms with Crippen molar-refractivity contribution in [3.05, 3.63) is 36.6 Å². The maximum absolute atomic E-state index is 9.64. The second-order valence-corrected chi connectivity index (χ2v) is 1.23. The first-order chi connectivity index (χ1) is 4.41. The number of hydrogen-bond donors (Lipinski definition) is 0. The van der Waals surface area contributed by atoms with Gasteiger partial charge >= 0.3 is 0 Å². The van der Waals surface area contributed by atoms with Crippen molar-refractivity contribution >= 4 is 6.29 Å². The third kappa shape index (κ3) is 6.69. The Bertz CT molecular complexity index is 143. The lowest BCUT2D eigenvalue weighted by molar-refractivity contribution is -0.274. The van der Waals surface area contributed by atoms with E-state index in [-0.39, 0.29) is 0 Å². The fraction of sp³-hybridized carbons (Fsp3) is 0. The van der Waals surface area contributed by atoms with Crippen LogP contribution in [0.3, 0.4) is 0 Å². The lowest BCUT2D eigenvalue weighted by Crippen LogP contribution is -1.81. The molecular weight excluding hydrogens is 116 g/mol. The molecule has 0 aromatic rings. The van der Waals surface area contributed by atoms with Crippen molar-refractivity contribution in [2.75, 3.05) is 0 Å². The fourth-order valence-electron chi connectivity index (χ4n) is 0.283. The zero-order chi connectivity index (χ0) is 6.95. The van der Waals surface area contributed by atoms with E-state index in [1.165, 1.54) is 12.2 Å². The van der Waals surface area contributed by atoms with Crippen LogP contribution in [0, 0.1) is 0 Å². The number of rotatable bonds is 3. The van der Waals surface area contributed by atoms with E-state index >= 15 is 0 Å². The number of hydrogen-bond acceptors (Lipinski definition) is 2. The normalized spacial score (nSPS) is 12.0. The Labute approximate surface area is 53.8 Å². The van der Waals surface area contributed by atoms with Gasteiger partial charge in [-0.1, -0.05) is 24.3 Å². The summed E-state index contributed by atoms with van der Waals surface area (Å²) in [4.78, 5) is 9.64. The molecule has 0 heterocycles. The quantitative estimate of drug-likeness (QED) is 0.232. The van der Waals surface area contributed by atoms with Crippen LogP contribution in [0.15, 0.2) is 36.6 Å². The molecule has 0 amide bonds. The molecule has 0 aromatic carbocycles. The van der Waals surface area contributed by atoms with E-state index in [4.69, 9.17) is 0 Å². The summed E-state index contributed by atoms with van der Waals surface area (Å²) in [6, 6.07) is 0. The summed E-state index contributed by atoms with van der Waals surface area (Å²) in [5.41, 5.74) is 0. The van der Waals surface area contributed by atoms with Gasteiger partial charge in [0.05, 0.1) is 0 Å². The first kappa shape index (κ1) is 7.69. The van der Waals surface area contributed by atoms with Crippen LogP contribution in [-0.4, -0.2) is 6.29 Å². The van der Waals surface area contributed by atoms with E-state index in [9.17, 15) is 9.90 Å². The molecule has 0 bridgehead atoms. The van der Waals surface area contributed by atoms with Gasteiger partial charge in [-0.05, 0) is 6.08 Å². The summed E-state index contributed by atoms with van der Waals surface area (Å²) in [6.45, 7) is 0. The van der Waals surface area contributed by atoms with Crippen molar-refractivity contribution in [3.63, 3.8) is 0 Å². The molecule has 0 atom stereocenters. The average Bonchev–Trinajstić information content (AvgIpc) is 1.89. The van der Waals surface area contributed by atoms with Crippen LogP contribution >= 0.6 is 0 Å². The minimum atomic E-state index is 0.672. The van der Waals surface area contributed by atoms with E-state index < -0.39 is 0 Å². The molecule has 0 spiro atoms. The zero-order valence-electron chi connectivity index (χ0n) is 4.86. The molecule has 2 heteroatoms. The minimum absolute atomic E-state index is 0.672. The summed E-state index contributed by atoms with van der Waals surface area (Å²) in [5.74, 6) is 0. The minimum Gasteiger partial charge on any atom is -0.878 e. The molecule has 0 N–H and O–H groups in total. The molecule has 0 fully saturated rings.